The van der Waals surface area contributed by atoms with Crippen LogP contribution in [-0.4, -0.2) is 55.0 Å². The lowest BCUT2D eigenvalue weighted by molar-refractivity contribution is -0.130. The highest BCUT2D eigenvalue weighted by Gasteiger charge is 2.21. The van der Waals surface area contributed by atoms with Crippen molar-refractivity contribution < 1.29 is 4.79 Å². The molecule has 0 saturated carbocycles. The summed E-state index contributed by atoms with van der Waals surface area (Å²) in [5.74, 6) is 2.03. The van der Waals surface area contributed by atoms with Gasteiger partial charge in [0.1, 0.15) is 6.54 Å². The predicted octanol–water partition coefficient (Wildman–Crippen LogP) is 2.33. The second kappa shape index (κ2) is 10.6. The van der Waals surface area contributed by atoms with Gasteiger partial charge in [-0.05, 0) is 55.2 Å². The highest BCUT2D eigenvalue weighted by atomic mass is 32.2. The Balaban J connectivity index is 1.78. The van der Waals surface area contributed by atoms with Gasteiger partial charge in [-0.15, -0.1) is 11.3 Å². The smallest absolute Gasteiger partial charge is 0.244 e. The molecular weight excluding hydrogens is 340 g/mol. The molecule has 7 heteroatoms. The van der Waals surface area contributed by atoms with Crippen LogP contribution in [0.2, 0.25) is 0 Å². The number of thioether (sulfide) groups is 1. The molecule has 1 amide bonds. The number of carbonyl (C=O) groups is 1. The fourth-order valence-electron chi connectivity index (χ4n) is 2.63. The Morgan fingerprint density at radius 2 is 2.29 bits per heavy atom. The normalized spacial score (nSPS) is 14.4. The molecule has 1 aliphatic heterocycles. The molecular formula is C17H28N4OS2. The van der Waals surface area contributed by atoms with E-state index in [1.54, 1.807) is 11.3 Å². The molecule has 0 fully saturated rings. The highest BCUT2D eigenvalue weighted by Crippen LogP contribution is 2.23. The number of rotatable bonds is 8. The predicted molar refractivity (Wildman–Crippen MR) is 105 cm³/mol. The third-order valence-electron chi connectivity index (χ3n) is 3.94. The van der Waals surface area contributed by atoms with Gasteiger partial charge < -0.3 is 15.5 Å². The number of hydrogen-bond donors (Lipinski definition) is 2. The van der Waals surface area contributed by atoms with Gasteiger partial charge >= 0.3 is 0 Å². The summed E-state index contributed by atoms with van der Waals surface area (Å²) >= 11 is 3.66. The van der Waals surface area contributed by atoms with E-state index in [1.807, 2.05) is 23.6 Å². The van der Waals surface area contributed by atoms with Crippen molar-refractivity contribution in [3.63, 3.8) is 0 Å². The number of thiophene rings is 1. The molecule has 24 heavy (non-hydrogen) atoms. The number of carbonyl (C=O) groups excluding carboxylic acids is 1. The van der Waals surface area contributed by atoms with Crippen molar-refractivity contribution in [3.8, 4) is 0 Å². The topological polar surface area (TPSA) is 56.7 Å². The number of guanidine groups is 1. The van der Waals surface area contributed by atoms with Crippen molar-refractivity contribution in [3.05, 3.63) is 21.9 Å². The average molecular weight is 369 g/mol. The van der Waals surface area contributed by atoms with Crippen molar-refractivity contribution in [1.82, 2.24) is 15.5 Å². The van der Waals surface area contributed by atoms with Crippen LogP contribution >= 0.6 is 23.1 Å². The van der Waals surface area contributed by atoms with Gasteiger partial charge in [0.2, 0.25) is 5.91 Å². The molecule has 0 bridgehead atoms. The minimum atomic E-state index is 0.103. The summed E-state index contributed by atoms with van der Waals surface area (Å²) in [6.07, 6.45) is 5.41. The molecule has 0 atom stereocenters. The van der Waals surface area contributed by atoms with Crippen LogP contribution in [0.4, 0.5) is 0 Å². The van der Waals surface area contributed by atoms with Crippen molar-refractivity contribution in [2.75, 3.05) is 38.2 Å². The number of aliphatic imine (C=N–C) groups is 1. The summed E-state index contributed by atoms with van der Waals surface area (Å²) in [5, 5.41) is 8.63. The Bertz CT molecular complexity index is 544. The first-order chi connectivity index (χ1) is 11.7. The maximum absolute atomic E-state index is 12.4. The fourth-order valence-corrected chi connectivity index (χ4v) is 4.01. The first-order valence-corrected chi connectivity index (χ1v) is 10.9. The van der Waals surface area contributed by atoms with E-state index in [1.165, 1.54) is 22.6 Å². The Kier molecular flexibility index (Phi) is 8.45. The first kappa shape index (κ1) is 19.1. The van der Waals surface area contributed by atoms with E-state index in [2.05, 4.69) is 33.3 Å². The van der Waals surface area contributed by atoms with E-state index in [9.17, 15) is 4.79 Å². The standard InChI is InChI=1S/C17H28N4OS2/c1-3-18-17(19-8-4-5-10-23-2)20-12-16(22)21-9-6-15-14(13-21)7-11-24-15/h7,11H,3-6,8-10,12-13H2,1-2H3,(H2,18,19,20). The number of nitrogens with zero attached hydrogens (tertiary/aromatic N) is 2. The van der Waals surface area contributed by atoms with Crippen molar-refractivity contribution in [2.45, 2.75) is 32.7 Å². The van der Waals surface area contributed by atoms with Crippen molar-refractivity contribution in [1.29, 1.82) is 0 Å². The monoisotopic (exact) mass is 368 g/mol. The first-order valence-electron chi connectivity index (χ1n) is 8.58. The molecule has 5 nitrogen and oxygen atoms in total. The van der Waals surface area contributed by atoms with Crippen LogP contribution in [0.15, 0.2) is 16.4 Å². The van der Waals surface area contributed by atoms with Gasteiger partial charge in [-0.25, -0.2) is 4.99 Å². The molecule has 1 aromatic rings. The molecule has 2 N–H and O–H groups in total. The van der Waals surface area contributed by atoms with Gasteiger partial charge in [-0.3, -0.25) is 4.79 Å². The van der Waals surface area contributed by atoms with E-state index < -0.39 is 0 Å². The molecule has 2 rings (SSSR count). The molecule has 0 radical (unpaired) electrons. The zero-order valence-electron chi connectivity index (χ0n) is 14.6. The summed E-state index contributed by atoms with van der Waals surface area (Å²) in [7, 11) is 0. The zero-order valence-corrected chi connectivity index (χ0v) is 16.3. The number of hydrogen-bond acceptors (Lipinski definition) is 4. The lowest BCUT2D eigenvalue weighted by atomic mass is 10.1. The molecule has 0 spiro atoms. The van der Waals surface area contributed by atoms with Crippen molar-refractivity contribution >= 4 is 35.0 Å². The Labute approximate surface area is 153 Å². The van der Waals surface area contributed by atoms with E-state index >= 15 is 0 Å². The van der Waals surface area contributed by atoms with Crippen LogP contribution in [0.1, 0.15) is 30.2 Å². The van der Waals surface area contributed by atoms with Crippen molar-refractivity contribution in [2.24, 2.45) is 4.99 Å². The lowest BCUT2D eigenvalue weighted by Gasteiger charge is -2.26. The number of amides is 1. The average Bonchev–Trinajstić information content (AvgIpc) is 3.06. The fraction of sp³-hybridized carbons (Fsp3) is 0.647. The molecule has 0 aromatic carbocycles. The van der Waals surface area contributed by atoms with Crippen LogP contribution in [0.5, 0.6) is 0 Å². The third kappa shape index (κ3) is 6.02. The van der Waals surface area contributed by atoms with E-state index in [0.29, 0.717) is 0 Å². The maximum atomic E-state index is 12.4. The SMILES string of the molecule is CCNC(=NCC(=O)N1CCc2sccc2C1)NCCCCSC. The van der Waals surface area contributed by atoms with Crippen LogP contribution in [0, 0.1) is 0 Å². The second-order valence-electron chi connectivity index (χ2n) is 5.76. The van der Waals surface area contributed by atoms with Gasteiger partial charge in [0.05, 0.1) is 0 Å². The molecule has 0 saturated heterocycles. The largest absolute Gasteiger partial charge is 0.357 e. The van der Waals surface area contributed by atoms with Gasteiger partial charge in [0.15, 0.2) is 5.96 Å². The highest BCUT2D eigenvalue weighted by molar-refractivity contribution is 7.98. The van der Waals surface area contributed by atoms with E-state index in [4.69, 9.17) is 0 Å². The quantitative estimate of drug-likeness (QED) is 0.420. The maximum Gasteiger partial charge on any atom is 0.244 e. The molecule has 0 aliphatic carbocycles. The molecule has 1 aromatic heterocycles. The second-order valence-corrected chi connectivity index (χ2v) is 7.74. The summed E-state index contributed by atoms with van der Waals surface area (Å²) in [4.78, 5) is 20.2. The van der Waals surface area contributed by atoms with Gasteiger partial charge in [0.25, 0.3) is 0 Å². The minimum Gasteiger partial charge on any atom is -0.357 e. The number of unbranched alkanes of at least 4 members (excludes halogenated alkanes) is 1. The van der Waals surface area contributed by atoms with Crippen LogP contribution in [0.25, 0.3) is 0 Å². The summed E-state index contributed by atoms with van der Waals surface area (Å²) in [5.41, 5.74) is 1.29. The van der Waals surface area contributed by atoms with E-state index in [0.717, 1.165) is 45.0 Å². The van der Waals surface area contributed by atoms with Gasteiger partial charge in [0, 0.05) is 31.1 Å². The Hall–Kier alpha value is -1.21. The summed E-state index contributed by atoms with van der Waals surface area (Å²) in [6, 6.07) is 2.13. The number of nitrogens with one attached hydrogen (secondary N) is 2. The summed E-state index contributed by atoms with van der Waals surface area (Å²) < 4.78 is 0. The third-order valence-corrected chi connectivity index (χ3v) is 5.66. The summed E-state index contributed by atoms with van der Waals surface area (Å²) in [6.45, 7) is 5.47. The van der Waals surface area contributed by atoms with Crippen LogP contribution in [0.3, 0.4) is 0 Å². The van der Waals surface area contributed by atoms with Crippen LogP contribution < -0.4 is 10.6 Å². The molecule has 1 aliphatic rings. The molecule has 0 unspecified atom stereocenters. The van der Waals surface area contributed by atoms with Gasteiger partial charge in [-0.1, -0.05) is 0 Å². The zero-order chi connectivity index (χ0) is 17.2. The lowest BCUT2D eigenvalue weighted by Crippen LogP contribution is -2.40. The minimum absolute atomic E-state index is 0.103. The molecule has 134 valence electrons. The van der Waals surface area contributed by atoms with Gasteiger partial charge in [-0.2, -0.15) is 11.8 Å². The van der Waals surface area contributed by atoms with E-state index in [-0.39, 0.29) is 12.5 Å². The number of fused-ring (bicyclic) bond motifs is 1. The Morgan fingerprint density at radius 1 is 1.42 bits per heavy atom. The Morgan fingerprint density at radius 3 is 3.08 bits per heavy atom. The van der Waals surface area contributed by atoms with Crippen LogP contribution in [-0.2, 0) is 17.8 Å². The molecule has 2 heterocycles.